The van der Waals surface area contributed by atoms with Crippen molar-refractivity contribution in [1.29, 1.82) is 0 Å². The summed E-state index contributed by atoms with van der Waals surface area (Å²) in [6, 6.07) is 19.9. The maximum absolute atomic E-state index is 13.4. The molecule has 0 spiro atoms. The number of sulfonamides is 1. The van der Waals surface area contributed by atoms with Crippen molar-refractivity contribution >= 4 is 27.3 Å². The fraction of sp³-hybridized carbons (Fsp3) is 0.174. The monoisotopic (exact) mass is 440 g/mol. The van der Waals surface area contributed by atoms with E-state index in [1.807, 2.05) is 6.92 Å². The summed E-state index contributed by atoms with van der Waals surface area (Å²) in [6.07, 6.45) is 0. The standard InChI is InChI=1S/C23H24N2O5S/c1-17-8-10-18(11-9-17)25(31(27,28)20-14-12-19(29-2)13-15-20)16-23(26)24-21-6-4-5-7-22(21)30-3/h4-15H,16H2,1-3H3,(H,24,26). The molecular formula is C23H24N2O5S. The third-order valence-electron chi connectivity index (χ3n) is 4.64. The van der Waals surface area contributed by atoms with Gasteiger partial charge in [0.2, 0.25) is 5.91 Å². The van der Waals surface area contributed by atoms with Gasteiger partial charge in [-0.3, -0.25) is 9.10 Å². The van der Waals surface area contributed by atoms with Gasteiger partial charge < -0.3 is 14.8 Å². The molecule has 3 rings (SSSR count). The first-order valence-electron chi connectivity index (χ1n) is 9.51. The van der Waals surface area contributed by atoms with Crippen LogP contribution in [0.25, 0.3) is 0 Å². The van der Waals surface area contributed by atoms with Gasteiger partial charge in [0.05, 0.1) is 30.5 Å². The lowest BCUT2D eigenvalue weighted by atomic mass is 10.2. The van der Waals surface area contributed by atoms with Crippen molar-refractivity contribution in [2.75, 3.05) is 30.4 Å². The van der Waals surface area contributed by atoms with Crippen molar-refractivity contribution in [2.24, 2.45) is 0 Å². The molecule has 1 amide bonds. The Balaban J connectivity index is 1.94. The average Bonchev–Trinajstić information content (AvgIpc) is 2.78. The van der Waals surface area contributed by atoms with Crippen molar-refractivity contribution in [3.05, 3.63) is 78.4 Å². The number of anilines is 2. The zero-order valence-corrected chi connectivity index (χ0v) is 18.3. The molecule has 0 aliphatic heterocycles. The highest BCUT2D eigenvalue weighted by molar-refractivity contribution is 7.92. The van der Waals surface area contributed by atoms with E-state index >= 15 is 0 Å². The molecule has 0 unspecified atom stereocenters. The second kappa shape index (κ2) is 9.53. The molecule has 0 fully saturated rings. The van der Waals surface area contributed by atoms with E-state index in [0.29, 0.717) is 22.9 Å². The number of methoxy groups -OCH3 is 2. The summed E-state index contributed by atoms with van der Waals surface area (Å²) in [4.78, 5) is 12.9. The van der Waals surface area contributed by atoms with E-state index in [0.717, 1.165) is 9.87 Å². The van der Waals surface area contributed by atoms with Crippen molar-refractivity contribution in [1.82, 2.24) is 0 Å². The predicted octanol–water partition coefficient (Wildman–Crippen LogP) is 3.85. The number of para-hydroxylation sites is 2. The Morgan fingerprint density at radius 3 is 2.16 bits per heavy atom. The van der Waals surface area contributed by atoms with E-state index in [1.54, 1.807) is 60.7 Å². The van der Waals surface area contributed by atoms with E-state index in [4.69, 9.17) is 9.47 Å². The normalized spacial score (nSPS) is 10.9. The van der Waals surface area contributed by atoms with Gasteiger partial charge in [-0.25, -0.2) is 8.42 Å². The molecule has 0 aromatic heterocycles. The van der Waals surface area contributed by atoms with Crippen LogP contribution in [0.1, 0.15) is 5.56 Å². The van der Waals surface area contributed by atoms with Crippen molar-refractivity contribution in [3.63, 3.8) is 0 Å². The van der Waals surface area contributed by atoms with Crippen molar-refractivity contribution < 1.29 is 22.7 Å². The predicted molar refractivity (Wildman–Crippen MR) is 120 cm³/mol. The lowest BCUT2D eigenvalue weighted by molar-refractivity contribution is -0.114. The Hall–Kier alpha value is -3.52. The minimum absolute atomic E-state index is 0.0546. The van der Waals surface area contributed by atoms with E-state index in [2.05, 4.69) is 5.32 Å². The van der Waals surface area contributed by atoms with Gasteiger partial charge in [-0.15, -0.1) is 0 Å². The largest absolute Gasteiger partial charge is 0.497 e. The molecule has 0 bridgehead atoms. The van der Waals surface area contributed by atoms with Crippen LogP contribution in [0.4, 0.5) is 11.4 Å². The first kappa shape index (κ1) is 22.2. The Labute approximate surface area is 182 Å². The van der Waals surface area contributed by atoms with E-state index in [9.17, 15) is 13.2 Å². The summed E-state index contributed by atoms with van der Waals surface area (Å²) in [5.74, 6) is 0.521. The molecule has 1 N–H and O–H groups in total. The third kappa shape index (κ3) is 5.16. The van der Waals surface area contributed by atoms with Crippen LogP contribution < -0.4 is 19.1 Å². The highest BCUT2D eigenvalue weighted by Crippen LogP contribution is 2.27. The fourth-order valence-corrected chi connectivity index (χ4v) is 4.39. The molecule has 0 aliphatic rings. The number of hydrogen-bond acceptors (Lipinski definition) is 5. The molecule has 7 nitrogen and oxygen atoms in total. The molecule has 0 atom stereocenters. The number of amides is 1. The van der Waals surface area contributed by atoms with Crippen molar-refractivity contribution in [2.45, 2.75) is 11.8 Å². The molecule has 8 heteroatoms. The number of carbonyl (C=O) groups is 1. The van der Waals surface area contributed by atoms with Crippen LogP contribution in [-0.4, -0.2) is 35.1 Å². The van der Waals surface area contributed by atoms with Gasteiger partial charge in [0.1, 0.15) is 18.0 Å². The smallest absolute Gasteiger partial charge is 0.264 e. The summed E-state index contributed by atoms with van der Waals surface area (Å²) in [6.45, 7) is 1.50. The minimum atomic E-state index is -4.01. The number of nitrogens with one attached hydrogen (secondary N) is 1. The quantitative estimate of drug-likeness (QED) is 0.575. The summed E-state index contributed by atoms with van der Waals surface area (Å²) in [7, 11) is -1.01. The maximum atomic E-state index is 13.4. The Kier molecular flexibility index (Phi) is 6.81. The van der Waals surface area contributed by atoms with Crippen LogP contribution in [0.3, 0.4) is 0 Å². The first-order valence-corrected chi connectivity index (χ1v) is 11.0. The van der Waals surface area contributed by atoms with Gasteiger partial charge in [-0.1, -0.05) is 29.8 Å². The van der Waals surface area contributed by atoms with Gasteiger partial charge in [0.15, 0.2) is 0 Å². The Bertz CT molecular complexity index is 1140. The van der Waals surface area contributed by atoms with Crippen LogP contribution in [0.15, 0.2) is 77.7 Å². The van der Waals surface area contributed by atoms with Gasteiger partial charge in [-0.2, -0.15) is 0 Å². The SMILES string of the molecule is COc1ccc(S(=O)(=O)N(CC(=O)Nc2ccccc2OC)c2ccc(C)cc2)cc1. The maximum Gasteiger partial charge on any atom is 0.264 e. The first-order chi connectivity index (χ1) is 14.8. The van der Waals surface area contributed by atoms with Crippen LogP contribution in [0.5, 0.6) is 11.5 Å². The molecule has 0 aliphatic carbocycles. The number of benzene rings is 3. The Morgan fingerprint density at radius 2 is 1.55 bits per heavy atom. The molecule has 3 aromatic carbocycles. The second-order valence-electron chi connectivity index (χ2n) is 6.77. The average molecular weight is 441 g/mol. The van der Waals surface area contributed by atoms with E-state index in [1.165, 1.54) is 26.4 Å². The van der Waals surface area contributed by atoms with Gasteiger partial charge in [0.25, 0.3) is 10.0 Å². The van der Waals surface area contributed by atoms with Gasteiger partial charge >= 0.3 is 0 Å². The molecule has 0 saturated carbocycles. The molecule has 0 radical (unpaired) electrons. The second-order valence-corrected chi connectivity index (χ2v) is 8.63. The fourth-order valence-electron chi connectivity index (χ4n) is 2.97. The minimum Gasteiger partial charge on any atom is -0.497 e. The van der Waals surface area contributed by atoms with Crippen LogP contribution in [0.2, 0.25) is 0 Å². The van der Waals surface area contributed by atoms with Gasteiger partial charge in [0, 0.05) is 0 Å². The molecule has 0 saturated heterocycles. The van der Waals surface area contributed by atoms with Crippen LogP contribution in [-0.2, 0) is 14.8 Å². The highest BCUT2D eigenvalue weighted by Gasteiger charge is 2.27. The summed E-state index contributed by atoms with van der Waals surface area (Å²) < 4.78 is 38.3. The zero-order valence-electron chi connectivity index (χ0n) is 17.5. The van der Waals surface area contributed by atoms with Crippen molar-refractivity contribution in [3.8, 4) is 11.5 Å². The topological polar surface area (TPSA) is 84.9 Å². The van der Waals surface area contributed by atoms with Crippen LogP contribution >= 0.6 is 0 Å². The van der Waals surface area contributed by atoms with Gasteiger partial charge in [-0.05, 0) is 55.5 Å². The molecular weight excluding hydrogens is 416 g/mol. The number of ether oxygens (including phenoxy) is 2. The zero-order chi connectivity index (χ0) is 22.4. The third-order valence-corrected chi connectivity index (χ3v) is 6.43. The van der Waals surface area contributed by atoms with Crippen LogP contribution in [0, 0.1) is 6.92 Å². The van der Waals surface area contributed by atoms with E-state index < -0.39 is 22.5 Å². The number of nitrogens with zero attached hydrogens (tertiary/aromatic N) is 1. The number of carbonyl (C=O) groups excluding carboxylic acids is 1. The molecule has 31 heavy (non-hydrogen) atoms. The molecule has 162 valence electrons. The summed E-state index contributed by atoms with van der Waals surface area (Å²) >= 11 is 0. The number of rotatable bonds is 8. The van der Waals surface area contributed by atoms with E-state index in [-0.39, 0.29) is 4.90 Å². The molecule has 0 heterocycles. The highest BCUT2D eigenvalue weighted by atomic mass is 32.2. The lowest BCUT2D eigenvalue weighted by Gasteiger charge is -2.24. The lowest BCUT2D eigenvalue weighted by Crippen LogP contribution is -2.38. The Morgan fingerprint density at radius 1 is 0.903 bits per heavy atom. The molecule has 3 aromatic rings. The summed E-state index contributed by atoms with van der Waals surface area (Å²) in [5, 5.41) is 2.72. The number of hydrogen-bond donors (Lipinski definition) is 1. The summed E-state index contributed by atoms with van der Waals surface area (Å²) in [5.41, 5.74) is 1.82. The number of aryl methyl sites for hydroxylation is 1.